The second kappa shape index (κ2) is 5.30. The largest absolute Gasteiger partial charge is 0.216 e. The second-order valence-electron chi connectivity index (χ2n) is 5.18. The zero-order valence-corrected chi connectivity index (χ0v) is 13.2. The minimum absolute atomic E-state index is 0.524. The van der Waals surface area contributed by atoms with Gasteiger partial charge < -0.3 is 0 Å². The third kappa shape index (κ3) is 2.32. The van der Waals surface area contributed by atoms with Crippen LogP contribution in [0.4, 0.5) is 0 Å². The number of aromatic nitrogens is 3. The highest BCUT2D eigenvalue weighted by Gasteiger charge is 2.18. The Kier molecular flexibility index (Phi) is 3.48. The van der Waals surface area contributed by atoms with Gasteiger partial charge in [0.2, 0.25) is 4.96 Å². The third-order valence-electron chi connectivity index (χ3n) is 3.45. The van der Waals surface area contributed by atoms with E-state index in [1.54, 1.807) is 15.9 Å². The van der Waals surface area contributed by atoms with Gasteiger partial charge in [-0.15, -0.1) is 0 Å². The van der Waals surface area contributed by atoms with Crippen LogP contribution in [0.3, 0.4) is 0 Å². The topological polar surface area (TPSA) is 54.0 Å². The van der Waals surface area contributed by atoms with Gasteiger partial charge in [-0.05, 0) is 25.8 Å². The summed E-state index contributed by atoms with van der Waals surface area (Å²) in [6.45, 7) is 6.23. The van der Waals surface area contributed by atoms with Gasteiger partial charge in [0.15, 0.2) is 5.69 Å². The van der Waals surface area contributed by atoms with Crippen LogP contribution in [0.2, 0.25) is 0 Å². The molecule has 1 aromatic carbocycles. The van der Waals surface area contributed by atoms with Crippen molar-refractivity contribution in [1.82, 2.24) is 14.6 Å². The van der Waals surface area contributed by atoms with Gasteiger partial charge in [0.1, 0.15) is 16.8 Å². The quantitative estimate of drug-likeness (QED) is 0.736. The molecule has 0 N–H and O–H groups in total. The molecular formula is C16H16N4S. The summed E-state index contributed by atoms with van der Waals surface area (Å²) in [4.78, 5) is 5.44. The van der Waals surface area contributed by atoms with Crippen molar-refractivity contribution in [3.63, 3.8) is 0 Å². The summed E-state index contributed by atoms with van der Waals surface area (Å²) in [5.41, 5.74) is 4.60. The van der Waals surface area contributed by atoms with Crippen molar-refractivity contribution in [1.29, 1.82) is 5.26 Å². The van der Waals surface area contributed by atoms with Gasteiger partial charge in [-0.1, -0.05) is 42.0 Å². The zero-order valence-electron chi connectivity index (χ0n) is 12.3. The highest BCUT2D eigenvalue weighted by atomic mass is 32.1. The maximum absolute atomic E-state index is 9.51. The number of nitrogens with zero attached hydrogens (tertiary/aromatic N) is 4. The highest BCUT2D eigenvalue weighted by Crippen LogP contribution is 2.29. The van der Waals surface area contributed by atoms with Crippen LogP contribution in [0.25, 0.3) is 16.2 Å². The Morgan fingerprint density at radius 1 is 1.33 bits per heavy atom. The van der Waals surface area contributed by atoms with E-state index < -0.39 is 0 Å². The van der Waals surface area contributed by atoms with Gasteiger partial charge in [-0.2, -0.15) is 14.9 Å². The monoisotopic (exact) mass is 296 g/mol. The van der Waals surface area contributed by atoms with Crippen molar-refractivity contribution in [2.24, 2.45) is 0 Å². The molecule has 0 aliphatic carbocycles. The van der Waals surface area contributed by atoms with Gasteiger partial charge in [0, 0.05) is 12.0 Å². The molecule has 0 atom stereocenters. The van der Waals surface area contributed by atoms with Crippen LogP contribution >= 0.6 is 11.3 Å². The molecule has 5 heteroatoms. The van der Waals surface area contributed by atoms with Gasteiger partial charge in [-0.25, -0.2) is 4.98 Å². The van der Waals surface area contributed by atoms with E-state index in [0.717, 1.165) is 39.6 Å². The summed E-state index contributed by atoms with van der Waals surface area (Å²) in [7, 11) is 0. The Balaban J connectivity index is 2.19. The van der Waals surface area contributed by atoms with E-state index in [0.29, 0.717) is 5.69 Å². The Morgan fingerprint density at radius 3 is 2.81 bits per heavy atom. The van der Waals surface area contributed by atoms with Gasteiger partial charge in [0.05, 0.1) is 0 Å². The maximum atomic E-state index is 9.51. The van der Waals surface area contributed by atoms with Gasteiger partial charge in [-0.3, -0.25) is 0 Å². The van der Waals surface area contributed by atoms with Crippen molar-refractivity contribution in [2.45, 2.75) is 33.6 Å². The van der Waals surface area contributed by atoms with E-state index >= 15 is 0 Å². The van der Waals surface area contributed by atoms with E-state index in [-0.39, 0.29) is 0 Å². The molecule has 2 aromatic heterocycles. The number of rotatable bonds is 3. The SMILES string of the molecule is CCCc1nn2c(C#N)c(-c3ccc(C)cc3C)nc2s1. The molecule has 0 aliphatic rings. The average Bonchev–Trinajstić information content (AvgIpc) is 2.95. The van der Waals surface area contributed by atoms with Crippen molar-refractivity contribution < 1.29 is 0 Å². The first kappa shape index (κ1) is 13.8. The molecule has 0 aliphatic heterocycles. The third-order valence-corrected chi connectivity index (χ3v) is 4.42. The predicted molar refractivity (Wildman–Crippen MR) is 84.5 cm³/mol. The first-order chi connectivity index (χ1) is 10.1. The van der Waals surface area contributed by atoms with Crippen LogP contribution < -0.4 is 0 Å². The lowest BCUT2D eigenvalue weighted by molar-refractivity contribution is 0.843. The Hall–Kier alpha value is -2.19. The molecule has 3 aromatic rings. The van der Waals surface area contributed by atoms with Crippen LogP contribution in [-0.2, 0) is 6.42 Å². The van der Waals surface area contributed by atoms with Crippen LogP contribution in [-0.4, -0.2) is 14.6 Å². The molecule has 0 fully saturated rings. The summed E-state index contributed by atoms with van der Waals surface area (Å²) in [6, 6.07) is 8.45. The van der Waals surface area contributed by atoms with Crippen LogP contribution in [0, 0.1) is 25.2 Å². The fraction of sp³-hybridized carbons (Fsp3) is 0.312. The summed E-state index contributed by atoms with van der Waals surface area (Å²) in [5.74, 6) is 0. The molecule has 0 unspecified atom stereocenters. The van der Waals surface area contributed by atoms with Crippen molar-refractivity contribution in [2.75, 3.05) is 0 Å². The molecular weight excluding hydrogens is 280 g/mol. The molecule has 106 valence electrons. The van der Waals surface area contributed by atoms with E-state index in [9.17, 15) is 5.26 Å². The predicted octanol–water partition coefficient (Wildman–Crippen LogP) is 3.90. The molecule has 0 amide bonds. The first-order valence-electron chi connectivity index (χ1n) is 7.00. The zero-order chi connectivity index (χ0) is 15.0. The summed E-state index contributed by atoms with van der Waals surface area (Å²) in [6.07, 6.45) is 1.97. The Labute approximate surface area is 127 Å². The molecule has 0 saturated carbocycles. The summed E-state index contributed by atoms with van der Waals surface area (Å²) >= 11 is 1.57. The van der Waals surface area contributed by atoms with Gasteiger partial charge >= 0.3 is 0 Å². The Bertz CT molecular complexity index is 851. The molecule has 4 nitrogen and oxygen atoms in total. The van der Waals surface area contributed by atoms with E-state index in [2.05, 4.69) is 36.1 Å². The number of nitriles is 1. The molecule has 0 spiro atoms. The van der Waals surface area contributed by atoms with Gasteiger partial charge in [0.25, 0.3) is 0 Å². The van der Waals surface area contributed by atoms with Crippen molar-refractivity contribution in [3.05, 3.63) is 40.0 Å². The molecule has 21 heavy (non-hydrogen) atoms. The minimum Gasteiger partial charge on any atom is -0.216 e. The lowest BCUT2D eigenvalue weighted by atomic mass is 10.0. The average molecular weight is 296 g/mol. The summed E-state index contributed by atoms with van der Waals surface area (Å²) in [5, 5.41) is 15.1. The van der Waals surface area contributed by atoms with Crippen molar-refractivity contribution in [3.8, 4) is 17.3 Å². The molecule has 3 rings (SSSR count). The number of imidazole rings is 1. The van der Waals surface area contributed by atoms with E-state index in [1.807, 2.05) is 19.1 Å². The van der Waals surface area contributed by atoms with Crippen molar-refractivity contribution >= 4 is 16.3 Å². The normalized spacial score (nSPS) is 11.0. The van der Waals surface area contributed by atoms with Crippen LogP contribution in [0.15, 0.2) is 18.2 Å². The first-order valence-corrected chi connectivity index (χ1v) is 7.82. The number of aryl methyl sites for hydroxylation is 3. The fourth-order valence-corrected chi connectivity index (χ4v) is 3.47. The van der Waals surface area contributed by atoms with E-state index in [1.165, 1.54) is 5.56 Å². The molecule has 0 saturated heterocycles. The smallest absolute Gasteiger partial charge is 0.214 e. The number of benzene rings is 1. The highest BCUT2D eigenvalue weighted by molar-refractivity contribution is 7.16. The van der Waals surface area contributed by atoms with Crippen LogP contribution in [0.5, 0.6) is 0 Å². The summed E-state index contributed by atoms with van der Waals surface area (Å²) < 4.78 is 1.68. The number of hydrogen-bond acceptors (Lipinski definition) is 4. The Morgan fingerprint density at radius 2 is 2.14 bits per heavy atom. The number of hydrogen-bond donors (Lipinski definition) is 0. The lowest BCUT2D eigenvalue weighted by Gasteiger charge is -2.04. The molecule has 0 bridgehead atoms. The lowest BCUT2D eigenvalue weighted by Crippen LogP contribution is -1.93. The second-order valence-corrected chi connectivity index (χ2v) is 6.22. The van der Waals surface area contributed by atoms with E-state index in [4.69, 9.17) is 0 Å². The number of fused-ring (bicyclic) bond motifs is 1. The standard InChI is InChI=1S/C16H16N4S/c1-4-5-14-19-20-13(9-17)15(18-16(20)21-14)12-7-6-10(2)8-11(12)3/h6-8H,4-5H2,1-3H3. The maximum Gasteiger partial charge on any atom is 0.214 e. The fourth-order valence-electron chi connectivity index (χ4n) is 2.47. The molecule has 2 heterocycles. The minimum atomic E-state index is 0.524. The van der Waals surface area contributed by atoms with Crippen LogP contribution in [0.1, 0.15) is 35.2 Å². The molecule has 0 radical (unpaired) electrons.